The van der Waals surface area contributed by atoms with Crippen molar-refractivity contribution < 1.29 is 75.8 Å². The highest BCUT2D eigenvalue weighted by molar-refractivity contribution is 7.47. The van der Waals surface area contributed by atoms with Gasteiger partial charge in [0.2, 0.25) is 0 Å². The highest BCUT2D eigenvalue weighted by Gasteiger charge is 2.29. The smallest absolute Gasteiger partial charge is 0.463 e. The third kappa shape index (κ3) is 72.1. The van der Waals surface area contributed by atoms with E-state index in [-0.39, 0.29) is 19.3 Å². The second kappa shape index (κ2) is 70.8. The molecule has 0 radical (unpaired) electrons. The monoisotopic (exact) mass is 1380 g/mol. The Morgan fingerprint density at radius 2 is 0.558 bits per heavy atom. The largest absolute Gasteiger partial charge is 0.472 e. The van der Waals surface area contributed by atoms with Crippen molar-refractivity contribution in [2.45, 2.75) is 360 Å². The zero-order valence-corrected chi connectivity index (χ0v) is 62.1. The van der Waals surface area contributed by atoms with E-state index in [9.17, 15) is 43.5 Å². The summed E-state index contributed by atoms with van der Waals surface area (Å²) in [6, 6.07) is 0. The van der Waals surface area contributed by atoms with Crippen LogP contribution >= 0.6 is 15.6 Å². The maximum atomic E-state index is 12.9. The van der Waals surface area contributed by atoms with Crippen LogP contribution in [0.1, 0.15) is 342 Å². The second-order valence-electron chi connectivity index (χ2n) is 25.8. The van der Waals surface area contributed by atoms with Crippen LogP contribution in [0.2, 0.25) is 0 Å². The molecule has 0 bridgehead atoms. The minimum absolute atomic E-state index is 0.110. The molecule has 0 heterocycles. The van der Waals surface area contributed by atoms with E-state index in [0.717, 1.165) is 116 Å². The quantitative estimate of drug-likeness (QED) is 0.0146. The first-order chi connectivity index (χ1) is 46.2. The van der Waals surface area contributed by atoms with Crippen LogP contribution in [0.5, 0.6) is 0 Å². The van der Waals surface area contributed by atoms with Crippen LogP contribution in [0.3, 0.4) is 0 Å². The number of carbonyl (C=O) groups is 3. The number of unbranched alkanes of at least 4 members (excludes halogenated alkanes) is 38. The van der Waals surface area contributed by atoms with E-state index in [1.165, 1.54) is 167 Å². The van der Waals surface area contributed by atoms with Crippen molar-refractivity contribution in [3.05, 3.63) is 72.9 Å². The molecule has 0 saturated heterocycles. The maximum absolute atomic E-state index is 12.9. The first-order valence-electron chi connectivity index (χ1n) is 38.2. The summed E-state index contributed by atoms with van der Waals surface area (Å²) in [5.41, 5.74) is 0. The Kier molecular flexibility index (Phi) is 68.6. The lowest BCUT2D eigenvalue weighted by atomic mass is 10.0. The summed E-state index contributed by atoms with van der Waals surface area (Å²) in [5, 5.41) is 20.6. The molecule has 0 aromatic carbocycles. The number of aliphatic hydroxyl groups excluding tert-OH is 2. The Labute approximate surface area is 579 Å². The molecule has 5 unspecified atom stereocenters. The standard InChI is InChI=1S/C77H140O16P2/c1-4-7-10-13-16-19-22-25-27-28-29-30-31-32-33-34-35-36-37-38-39-40-41-42-44-47-48-51-54-57-60-63-75(80)87-66-72(78)67-89-94(83,84)90-68-73(79)69-91-95(85,86)92-71-74(93-77(82)65-62-59-56-53-50-45-24-21-18-15-12-9-6-3)70-88-76(81)64-61-58-55-52-49-46-43-26-23-20-17-14-11-8-5-2/h7,10,16,19,25-27,29-30,32-33,43,72-74,78-79H,4-6,8-9,11-15,17-18,20-24,28,31,34-42,44-71H2,1-3H3,(H,83,84)(H,85,86)/b10-7-,19-16-,27-25-,30-29-,33-32-,43-26-. The molecule has 0 amide bonds. The lowest BCUT2D eigenvalue weighted by Gasteiger charge is -2.21. The zero-order valence-electron chi connectivity index (χ0n) is 60.3. The van der Waals surface area contributed by atoms with Gasteiger partial charge in [-0.25, -0.2) is 9.13 Å². The van der Waals surface area contributed by atoms with Crippen LogP contribution in [-0.2, 0) is 55.8 Å². The van der Waals surface area contributed by atoms with Crippen LogP contribution in [-0.4, -0.2) is 95.9 Å². The van der Waals surface area contributed by atoms with Gasteiger partial charge in [-0.05, 0) is 89.9 Å². The minimum Gasteiger partial charge on any atom is -0.463 e. The third-order valence-electron chi connectivity index (χ3n) is 16.4. The van der Waals surface area contributed by atoms with E-state index in [4.69, 9.17) is 32.3 Å². The number of allylic oxidation sites excluding steroid dienone is 12. The Balaban J connectivity index is 4.38. The van der Waals surface area contributed by atoms with E-state index in [1.54, 1.807) is 0 Å². The van der Waals surface area contributed by atoms with E-state index in [1.807, 2.05) is 0 Å². The van der Waals surface area contributed by atoms with E-state index >= 15 is 0 Å². The van der Waals surface area contributed by atoms with Crippen molar-refractivity contribution in [3.8, 4) is 0 Å². The number of carbonyl (C=O) groups excluding carboxylic acids is 3. The first kappa shape index (κ1) is 92.0. The van der Waals surface area contributed by atoms with E-state index in [2.05, 4.69) is 93.7 Å². The highest BCUT2D eigenvalue weighted by atomic mass is 31.2. The SMILES string of the molecule is CC/C=C\C/C=C\C/C=C\C/C=C\C/C=C\CCCCCCCCCCCCCCCCCC(=O)OCC(O)COP(=O)(O)OCC(O)COP(=O)(O)OCC(COC(=O)CCCCCCC/C=C\CCCCCCCC)OC(=O)CCCCCCCCCCCCCCC. The molecule has 4 N–H and O–H groups in total. The minimum atomic E-state index is -4.92. The van der Waals surface area contributed by atoms with Gasteiger partial charge in [-0.1, -0.05) is 306 Å². The number of ether oxygens (including phenoxy) is 3. The number of phosphoric acid groups is 2. The molecule has 554 valence electrons. The Morgan fingerprint density at radius 3 is 0.895 bits per heavy atom. The van der Waals surface area contributed by atoms with Crippen LogP contribution in [0.4, 0.5) is 0 Å². The summed E-state index contributed by atoms with van der Waals surface area (Å²) in [6.07, 6.45) is 76.8. The predicted octanol–water partition coefficient (Wildman–Crippen LogP) is 21.9. The lowest BCUT2D eigenvalue weighted by molar-refractivity contribution is -0.161. The summed E-state index contributed by atoms with van der Waals surface area (Å²) < 4.78 is 61.0. The van der Waals surface area contributed by atoms with Gasteiger partial charge in [0, 0.05) is 19.3 Å². The average Bonchev–Trinajstić information content (AvgIpc) is 1.75. The molecule has 0 aromatic rings. The van der Waals surface area contributed by atoms with E-state index in [0.29, 0.717) is 19.3 Å². The summed E-state index contributed by atoms with van der Waals surface area (Å²) in [7, 11) is -9.77. The zero-order chi connectivity index (χ0) is 69.5. The normalized spacial score (nSPS) is 14.5. The van der Waals surface area contributed by atoms with Crippen LogP contribution in [0.15, 0.2) is 72.9 Å². The number of phosphoric ester groups is 2. The van der Waals surface area contributed by atoms with Crippen LogP contribution in [0.25, 0.3) is 0 Å². The van der Waals surface area contributed by atoms with Gasteiger partial charge in [0.1, 0.15) is 25.4 Å². The van der Waals surface area contributed by atoms with Crippen LogP contribution in [0, 0.1) is 0 Å². The predicted molar refractivity (Wildman–Crippen MR) is 390 cm³/mol. The Bertz CT molecular complexity index is 2020. The molecule has 0 aliphatic heterocycles. The molecule has 16 nitrogen and oxygen atoms in total. The van der Waals surface area contributed by atoms with Gasteiger partial charge in [-0.3, -0.25) is 32.5 Å². The molecule has 0 aliphatic rings. The molecule has 5 atom stereocenters. The molecule has 0 rings (SSSR count). The average molecular weight is 1380 g/mol. The number of hydrogen-bond acceptors (Lipinski definition) is 14. The highest BCUT2D eigenvalue weighted by Crippen LogP contribution is 2.45. The molecule has 18 heteroatoms. The second-order valence-corrected chi connectivity index (χ2v) is 28.7. The fourth-order valence-electron chi connectivity index (χ4n) is 10.6. The lowest BCUT2D eigenvalue weighted by Crippen LogP contribution is -2.30. The van der Waals surface area contributed by atoms with Gasteiger partial charge in [0.15, 0.2) is 6.10 Å². The van der Waals surface area contributed by atoms with Gasteiger partial charge >= 0.3 is 33.6 Å². The number of aliphatic hydroxyl groups is 2. The van der Waals surface area contributed by atoms with Crippen molar-refractivity contribution in [1.29, 1.82) is 0 Å². The van der Waals surface area contributed by atoms with Gasteiger partial charge < -0.3 is 34.2 Å². The van der Waals surface area contributed by atoms with Crippen molar-refractivity contribution in [2.24, 2.45) is 0 Å². The summed E-state index contributed by atoms with van der Waals surface area (Å²) >= 11 is 0. The molecule has 0 saturated carbocycles. The molecule has 0 aromatic heterocycles. The van der Waals surface area contributed by atoms with Gasteiger partial charge in [-0.15, -0.1) is 0 Å². The molecule has 0 spiro atoms. The number of hydrogen-bond donors (Lipinski definition) is 4. The molecule has 0 fully saturated rings. The molecular formula is C77H140O16P2. The summed E-state index contributed by atoms with van der Waals surface area (Å²) in [4.78, 5) is 58.4. The van der Waals surface area contributed by atoms with E-state index < -0.39 is 91.5 Å². The van der Waals surface area contributed by atoms with Crippen molar-refractivity contribution in [1.82, 2.24) is 0 Å². The molecule has 0 aliphatic carbocycles. The van der Waals surface area contributed by atoms with Crippen molar-refractivity contribution in [2.75, 3.05) is 39.6 Å². The van der Waals surface area contributed by atoms with Gasteiger partial charge in [-0.2, -0.15) is 0 Å². The summed E-state index contributed by atoms with van der Waals surface area (Å²) in [6.45, 7) is 2.59. The fourth-order valence-corrected chi connectivity index (χ4v) is 12.2. The van der Waals surface area contributed by atoms with Gasteiger partial charge in [0.25, 0.3) is 0 Å². The molecule has 95 heavy (non-hydrogen) atoms. The Hall–Kier alpha value is -3.01. The van der Waals surface area contributed by atoms with Crippen molar-refractivity contribution in [3.63, 3.8) is 0 Å². The first-order valence-corrected chi connectivity index (χ1v) is 41.2. The van der Waals surface area contributed by atoms with Crippen molar-refractivity contribution >= 4 is 33.6 Å². The number of esters is 3. The number of rotatable bonds is 73. The van der Waals surface area contributed by atoms with Gasteiger partial charge in [0.05, 0.1) is 26.4 Å². The topological polar surface area (TPSA) is 231 Å². The van der Waals surface area contributed by atoms with Crippen LogP contribution < -0.4 is 0 Å². The maximum Gasteiger partial charge on any atom is 0.472 e. The fraction of sp³-hybridized carbons (Fsp3) is 0.805. The molecular weight excluding hydrogens is 1240 g/mol. The Morgan fingerprint density at radius 1 is 0.305 bits per heavy atom. The third-order valence-corrected chi connectivity index (χ3v) is 18.3. The summed E-state index contributed by atoms with van der Waals surface area (Å²) in [5.74, 6) is -1.56.